The maximum Gasteiger partial charge on any atom is 0.255 e. The highest BCUT2D eigenvalue weighted by Crippen LogP contribution is 2.53. The second kappa shape index (κ2) is 10.4. The fourth-order valence-corrected chi connectivity index (χ4v) is 6.02. The molecule has 0 bridgehead atoms. The van der Waals surface area contributed by atoms with Gasteiger partial charge in [-0.2, -0.15) is 0 Å². The zero-order chi connectivity index (χ0) is 28.8. The summed E-state index contributed by atoms with van der Waals surface area (Å²) in [4.78, 5) is 52.8. The molecule has 4 rings (SSSR count). The van der Waals surface area contributed by atoms with Crippen LogP contribution < -0.4 is 16.4 Å². The Hall–Kier alpha value is -3.74. The van der Waals surface area contributed by atoms with Gasteiger partial charge in [-0.05, 0) is 57.5 Å². The third kappa shape index (κ3) is 4.48. The Morgan fingerprint density at radius 2 is 1.87 bits per heavy atom. The second-order valence-electron chi connectivity index (χ2n) is 10.5. The molecule has 2 amide bonds. The number of benzene rings is 1. The minimum atomic E-state index is -2.70. The number of aromatic hydroxyl groups is 1. The predicted octanol–water partition coefficient (Wildman–Crippen LogP) is 0.292. The number of aliphatic hydroxyl groups is 3. The number of nitrogens with one attached hydrogen (secondary N) is 2. The van der Waals surface area contributed by atoms with Gasteiger partial charge >= 0.3 is 0 Å². The normalized spacial score (nSPS) is 26.3. The average Bonchev–Trinajstić information content (AvgIpc) is 2.85. The topological polar surface area (TPSA) is 203 Å². The molecule has 39 heavy (non-hydrogen) atoms. The highest BCUT2D eigenvalue weighted by atomic mass is 16.3. The van der Waals surface area contributed by atoms with Crippen molar-refractivity contribution in [2.75, 3.05) is 32.5 Å². The maximum atomic E-state index is 13.8. The van der Waals surface area contributed by atoms with Crippen molar-refractivity contribution in [2.45, 2.75) is 44.2 Å². The van der Waals surface area contributed by atoms with E-state index in [2.05, 4.69) is 10.6 Å². The fraction of sp³-hybridized carbons (Fsp3) is 0.481. The van der Waals surface area contributed by atoms with Crippen LogP contribution in [0.25, 0.3) is 5.76 Å². The molecule has 12 heteroatoms. The lowest BCUT2D eigenvalue weighted by molar-refractivity contribution is -0.153. The molecule has 1 fully saturated rings. The summed E-state index contributed by atoms with van der Waals surface area (Å²) in [5, 5.41) is 50.3. The van der Waals surface area contributed by atoms with Crippen LogP contribution in [-0.2, 0) is 25.6 Å². The molecule has 1 aromatic rings. The Labute approximate surface area is 225 Å². The van der Waals surface area contributed by atoms with Gasteiger partial charge in [0.1, 0.15) is 22.8 Å². The first kappa shape index (κ1) is 28.3. The number of hydrogen-bond acceptors (Lipinski definition) is 10. The molecule has 1 saturated carbocycles. The molecule has 3 aliphatic rings. The summed E-state index contributed by atoms with van der Waals surface area (Å²) >= 11 is 0. The van der Waals surface area contributed by atoms with Crippen molar-refractivity contribution >= 4 is 34.8 Å². The quantitative estimate of drug-likeness (QED) is 0.136. The molecular weight excluding hydrogens is 508 g/mol. The van der Waals surface area contributed by atoms with Gasteiger partial charge in [0, 0.05) is 11.5 Å². The SMILES string of the molecule is CCCCNCC(=O)Nc1ccc2c(c1O)C(O)=C1C(=O)C3(O)C(O)=C(C(N)=O)C(=O)[C@@H](N(C)C)C3CC1C2. The fourth-order valence-electron chi connectivity index (χ4n) is 6.02. The molecule has 0 saturated heterocycles. The van der Waals surface area contributed by atoms with Crippen molar-refractivity contribution < 1.29 is 39.6 Å². The molecule has 0 aromatic heterocycles. The molecule has 3 unspecified atom stereocenters. The van der Waals surface area contributed by atoms with E-state index in [1.807, 2.05) is 6.92 Å². The first-order valence-corrected chi connectivity index (χ1v) is 12.9. The zero-order valence-electron chi connectivity index (χ0n) is 22.1. The van der Waals surface area contributed by atoms with E-state index in [-0.39, 0.29) is 36.2 Å². The summed E-state index contributed by atoms with van der Waals surface area (Å²) in [5.74, 6) is -7.59. The van der Waals surface area contributed by atoms with Crippen LogP contribution in [0.3, 0.4) is 0 Å². The van der Waals surface area contributed by atoms with Crippen LogP contribution in [-0.4, -0.2) is 87.5 Å². The summed E-state index contributed by atoms with van der Waals surface area (Å²) in [6.07, 6.45) is 2.05. The van der Waals surface area contributed by atoms with E-state index in [0.29, 0.717) is 12.1 Å². The molecule has 0 heterocycles. The standard InChI is InChI=1S/C27H34N4O8/c1-4-5-8-29-11-16(32)30-15-7-6-12-9-13-10-14-20(31(2)3)23(35)19(26(28)38)25(37)27(14,39)24(36)18(13)22(34)17(12)21(15)33/h6-7,13-14,20,29,33-34,37,39H,4-5,8-11H2,1-3H3,(H2,28,38)(H,30,32)/t13?,14?,20-,27?/m0/s1. The number of ketones is 2. The molecule has 0 radical (unpaired) electrons. The van der Waals surface area contributed by atoms with Crippen LogP contribution >= 0.6 is 0 Å². The number of fused-ring (bicyclic) bond motifs is 3. The molecule has 3 aliphatic carbocycles. The smallest absolute Gasteiger partial charge is 0.255 e. The Kier molecular flexibility index (Phi) is 7.57. The molecule has 0 aliphatic heterocycles. The first-order chi connectivity index (χ1) is 18.4. The number of primary amides is 1. The van der Waals surface area contributed by atoms with Crippen molar-refractivity contribution in [3.63, 3.8) is 0 Å². The van der Waals surface area contributed by atoms with E-state index in [4.69, 9.17) is 5.73 Å². The zero-order valence-corrected chi connectivity index (χ0v) is 22.1. The molecule has 4 atom stereocenters. The number of rotatable bonds is 8. The maximum absolute atomic E-state index is 13.8. The monoisotopic (exact) mass is 542 g/mol. The number of likely N-dealkylation sites (N-methyl/N-ethyl adjacent to an activating group) is 1. The van der Waals surface area contributed by atoms with Crippen molar-refractivity contribution in [1.82, 2.24) is 10.2 Å². The lowest BCUT2D eigenvalue weighted by Crippen LogP contribution is -2.65. The van der Waals surface area contributed by atoms with Crippen LogP contribution in [0.2, 0.25) is 0 Å². The number of phenols is 1. The van der Waals surface area contributed by atoms with E-state index in [1.54, 1.807) is 20.2 Å². The number of carbonyl (C=O) groups is 4. The number of aliphatic hydroxyl groups excluding tert-OH is 2. The third-order valence-corrected chi connectivity index (χ3v) is 7.86. The van der Waals surface area contributed by atoms with E-state index in [1.165, 1.54) is 11.0 Å². The minimum Gasteiger partial charge on any atom is -0.508 e. The lowest BCUT2D eigenvalue weighted by atomic mass is 9.57. The largest absolute Gasteiger partial charge is 0.508 e. The van der Waals surface area contributed by atoms with Crippen LogP contribution in [0.5, 0.6) is 5.75 Å². The average molecular weight is 543 g/mol. The van der Waals surface area contributed by atoms with Gasteiger partial charge in [0.15, 0.2) is 11.4 Å². The molecule has 210 valence electrons. The van der Waals surface area contributed by atoms with Gasteiger partial charge in [-0.15, -0.1) is 0 Å². The van der Waals surface area contributed by atoms with Gasteiger partial charge in [-0.1, -0.05) is 19.4 Å². The second-order valence-corrected chi connectivity index (χ2v) is 10.5. The minimum absolute atomic E-state index is 0.00837. The van der Waals surface area contributed by atoms with E-state index in [0.717, 1.165) is 12.8 Å². The Bertz CT molecular complexity index is 1320. The highest BCUT2D eigenvalue weighted by molar-refractivity contribution is 6.24. The summed E-state index contributed by atoms with van der Waals surface area (Å²) < 4.78 is 0. The van der Waals surface area contributed by atoms with Crippen molar-refractivity contribution in [1.29, 1.82) is 0 Å². The van der Waals surface area contributed by atoms with Crippen molar-refractivity contribution in [2.24, 2.45) is 17.6 Å². The Morgan fingerprint density at radius 3 is 2.49 bits per heavy atom. The molecule has 0 spiro atoms. The predicted molar refractivity (Wildman–Crippen MR) is 141 cm³/mol. The number of nitrogens with two attached hydrogens (primary N) is 1. The number of phenolic OH excluding ortho intramolecular Hbond substituents is 1. The van der Waals surface area contributed by atoms with Crippen LogP contribution in [0, 0.1) is 11.8 Å². The van der Waals surface area contributed by atoms with Crippen LogP contribution in [0.1, 0.15) is 37.3 Å². The molecule has 8 N–H and O–H groups in total. The number of anilines is 1. The Balaban J connectivity index is 1.76. The number of amides is 2. The number of Topliss-reactive ketones (excluding diaryl/α,β-unsaturated/α-hetero) is 2. The van der Waals surface area contributed by atoms with Gasteiger partial charge in [-0.3, -0.25) is 24.1 Å². The van der Waals surface area contributed by atoms with E-state index in [9.17, 15) is 39.6 Å². The van der Waals surface area contributed by atoms with Gasteiger partial charge in [0.05, 0.1) is 23.8 Å². The number of hydrogen-bond donors (Lipinski definition) is 7. The lowest BCUT2D eigenvalue weighted by Gasteiger charge is -2.50. The summed E-state index contributed by atoms with van der Waals surface area (Å²) in [6.45, 7) is 2.69. The molecular formula is C27H34N4O8. The number of carbonyl (C=O) groups excluding carboxylic acids is 4. The van der Waals surface area contributed by atoms with Gasteiger partial charge < -0.3 is 36.8 Å². The van der Waals surface area contributed by atoms with E-state index >= 15 is 0 Å². The van der Waals surface area contributed by atoms with Gasteiger partial charge in [0.2, 0.25) is 11.7 Å². The van der Waals surface area contributed by atoms with Crippen molar-refractivity contribution in [3.05, 3.63) is 40.2 Å². The van der Waals surface area contributed by atoms with Crippen LogP contribution in [0.4, 0.5) is 5.69 Å². The first-order valence-electron chi connectivity index (χ1n) is 12.9. The Morgan fingerprint density at radius 1 is 1.18 bits per heavy atom. The van der Waals surface area contributed by atoms with Crippen LogP contribution in [0.15, 0.2) is 29.0 Å². The molecule has 12 nitrogen and oxygen atoms in total. The highest BCUT2D eigenvalue weighted by Gasteiger charge is 2.64. The number of unbranched alkanes of at least 4 members (excludes halogenated alkanes) is 1. The summed E-state index contributed by atoms with van der Waals surface area (Å²) in [6, 6.07) is 1.97. The van der Waals surface area contributed by atoms with Gasteiger partial charge in [-0.25, -0.2) is 0 Å². The van der Waals surface area contributed by atoms with E-state index < -0.39 is 69.7 Å². The summed E-state index contributed by atoms with van der Waals surface area (Å²) in [5.41, 5.74) is 1.96. The van der Waals surface area contributed by atoms with Gasteiger partial charge in [0.25, 0.3) is 5.91 Å². The third-order valence-electron chi connectivity index (χ3n) is 7.86. The van der Waals surface area contributed by atoms with Crippen molar-refractivity contribution in [3.8, 4) is 5.75 Å². The summed E-state index contributed by atoms with van der Waals surface area (Å²) in [7, 11) is 3.08. The molecule has 1 aromatic carbocycles. The number of nitrogens with zero attached hydrogens (tertiary/aromatic N) is 1.